The van der Waals surface area contributed by atoms with Crippen molar-refractivity contribution in [1.29, 1.82) is 0 Å². The highest BCUT2D eigenvalue weighted by atomic mass is 16.3. The zero-order valence-electron chi connectivity index (χ0n) is 10.9. The second kappa shape index (κ2) is 5.19. The fraction of sp³-hybridized carbons (Fsp3) is 0.600. The van der Waals surface area contributed by atoms with Crippen LogP contribution in [0.25, 0.3) is 0 Å². The number of rotatable bonds is 5. The van der Waals surface area contributed by atoms with Crippen molar-refractivity contribution in [2.45, 2.75) is 39.8 Å². The minimum atomic E-state index is 0.0854. The number of nitrogens with zero attached hydrogens (tertiary/aromatic N) is 1. The lowest BCUT2D eigenvalue weighted by atomic mass is 9.83. The molecule has 0 unspecified atom stereocenters. The number of hydrogen-bond donors (Lipinski definition) is 1. The minimum Gasteiger partial charge on any atom is -0.396 e. The lowest BCUT2D eigenvalue weighted by Crippen LogP contribution is -2.37. The number of benzene rings is 1. The second-order valence-corrected chi connectivity index (χ2v) is 5.28. The number of fused-ring (bicyclic) bond motifs is 1. The van der Waals surface area contributed by atoms with Gasteiger partial charge in [0.1, 0.15) is 0 Å². The van der Waals surface area contributed by atoms with Gasteiger partial charge in [0.05, 0.1) is 0 Å². The molecule has 1 aromatic rings. The molecule has 94 valence electrons. The zero-order valence-corrected chi connectivity index (χ0v) is 10.9. The molecule has 2 heteroatoms. The molecule has 0 atom stereocenters. The van der Waals surface area contributed by atoms with E-state index in [1.165, 1.54) is 11.1 Å². The van der Waals surface area contributed by atoms with Gasteiger partial charge >= 0.3 is 0 Å². The highest BCUT2D eigenvalue weighted by molar-refractivity contribution is 5.30. The number of hydrogen-bond acceptors (Lipinski definition) is 2. The van der Waals surface area contributed by atoms with E-state index >= 15 is 0 Å². The summed E-state index contributed by atoms with van der Waals surface area (Å²) in [6, 6.07) is 8.66. The molecule has 1 aromatic carbocycles. The standard InChI is InChI=1S/C15H23NO/c1-3-15(4-2,12-17)11-16-9-13-7-5-6-8-14(13)10-16/h5-8,17H,3-4,9-12H2,1-2H3. The van der Waals surface area contributed by atoms with Gasteiger partial charge in [0.2, 0.25) is 0 Å². The molecule has 1 heterocycles. The average Bonchev–Trinajstić information content (AvgIpc) is 2.78. The van der Waals surface area contributed by atoms with E-state index in [0.717, 1.165) is 32.5 Å². The molecule has 0 aliphatic carbocycles. The van der Waals surface area contributed by atoms with Gasteiger partial charge in [-0.3, -0.25) is 4.90 Å². The third-order valence-electron chi connectivity index (χ3n) is 4.30. The highest BCUT2D eigenvalue weighted by Gasteiger charge is 2.30. The summed E-state index contributed by atoms with van der Waals surface area (Å²) in [6.45, 7) is 7.75. The van der Waals surface area contributed by atoms with Crippen LogP contribution < -0.4 is 0 Å². The first-order chi connectivity index (χ1) is 8.23. The van der Waals surface area contributed by atoms with Gasteiger partial charge in [-0.2, -0.15) is 0 Å². The molecular formula is C15H23NO. The van der Waals surface area contributed by atoms with Crippen LogP contribution >= 0.6 is 0 Å². The van der Waals surface area contributed by atoms with Crippen LogP contribution in [0.4, 0.5) is 0 Å². The van der Waals surface area contributed by atoms with E-state index in [1.807, 2.05) is 0 Å². The lowest BCUT2D eigenvalue weighted by molar-refractivity contribution is 0.0645. The first-order valence-corrected chi connectivity index (χ1v) is 6.63. The van der Waals surface area contributed by atoms with Crippen LogP contribution in [-0.4, -0.2) is 23.2 Å². The molecule has 0 spiro atoms. The van der Waals surface area contributed by atoms with Crippen LogP contribution in [0.5, 0.6) is 0 Å². The van der Waals surface area contributed by atoms with Crippen LogP contribution in [0.1, 0.15) is 37.8 Å². The van der Waals surface area contributed by atoms with E-state index in [2.05, 4.69) is 43.0 Å². The quantitative estimate of drug-likeness (QED) is 0.845. The lowest BCUT2D eigenvalue weighted by Gasteiger charge is -2.33. The Morgan fingerprint density at radius 1 is 1.12 bits per heavy atom. The summed E-state index contributed by atoms with van der Waals surface area (Å²) in [5.41, 5.74) is 2.99. The molecule has 2 rings (SSSR count). The molecular weight excluding hydrogens is 210 g/mol. The molecule has 0 amide bonds. The first-order valence-electron chi connectivity index (χ1n) is 6.63. The van der Waals surface area contributed by atoms with E-state index in [1.54, 1.807) is 0 Å². The third kappa shape index (κ3) is 2.53. The Morgan fingerprint density at radius 3 is 2.06 bits per heavy atom. The molecule has 2 nitrogen and oxygen atoms in total. The Labute approximate surface area is 104 Å². The molecule has 0 radical (unpaired) electrons. The average molecular weight is 233 g/mol. The second-order valence-electron chi connectivity index (χ2n) is 5.28. The normalized spacial score (nSPS) is 16.2. The summed E-state index contributed by atoms with van der Waals surface area (Å²) in [6.07, 6.45) is 2.10. The monoisotopic (exact) mass is 233 g/mol. The van der Waals surface area contributed by atoms with Crippen LogP contribution in [-0.2, 0) is 13.1 Å². The maximum Gasteiger partial charge on any atom is 0.0499 e. The number of aliphatic hydroxyl groups excluding tert-OH is 1. The SMILES string of the molecule is CCC(CC)(CO)CN1Cc2ccccc2C1. The molecule has 0 saturated heterocycles. The summed E-state index contributed by atoms with van der Waals surface area (Å²) in [5, 5.41) is 9.63. The van der Waals surface area contributed by atoms with Crippen molar-refractivity contribution in [2.75, 3.05) is 13.2 Å². The van der Waals surface area contributed by atoms with Gasteiger partial charge in [-0.15, -0.1) is 0 Å². The van der Waals surface area contributed by atoms with Gasteiger partial charge in [-0.25, -0.2) is 0 Å². The molecule has 0 fully saturated rings. The van der Waals surface area contributed by atoms with Crippen LogP contribution in [0.3, 0.4) is 0 Å². The Hall–Kier alpha value is -0.860. The largest absolute Gasteiger partial charge is 0.396 e. The Kier molecular flexibility index (Phi) is 3.85. The summed E-state index contributed by atoms with van der Waals surface area (Å²) >= 11 is 0. The minimum absolute atomic E-state index is 0.0854. The topological polar surface area (TPSA) is 23.5 Å². The van der Waals surface area contributed by atoms with Gasteiger partial charge in [0.25, 0.3) is 0 Å². The Balaban J connectivity index is 2.04. The van der Waals surface area contributed by atoms with Crippen molar-refractivity contribution in [3.63, 3.8) is 0 Å². The fourth-order valence-electron chi connectivity index (χ4n) is 2.74. The van der Waals surface area contributed by atoms with E-state index in [9.17, 15) is 5.11 Å². The smallest absolute Gasteiger partial charge is 0.0499 e. The Bertz CT molecular complexity index is 338. The molecule has 0 bridgehead atoms. The van der Waals surface area contributed by atoms with Crippen molar-refractivity contribution in [1.82, 2.24) is 4.90 Å². The summed E-state index contributed by atoms with van der Waals surface area (Å²) in [7, 11) is 0. The number of aliphatic hydroxyl groups is 1. The molecule has 1 aliphatic heterocycles. The predicted molar refractivity (Wildman–Crippen MR) is 70.7 cm³/mol. The van der Waals surface area contributed by atoms with Crippen molar-refractivity contribution >= 4 is 0 Å². The maximum atomic E-state index is 9.63. The molecule has 0 saturated carbocycles. The highest BCUT2D eigenvalue weighted by Crippen LogP contribution is 2.31. The van der Waals surface area contributed by atoms with Crippen molar-refractivity contribution < 1.29 is 5.11 Å². The Morgan fingerprint density at radius 2 is 1.65 bits per heavy atom. The van der Waals surface area contributed by atoms with E-state index in [4.69, 9.17) is 0 Å². The maximum absolute atomic E-state index is 9.63. The van der Waals surface area contributed by atoms with E-state index in [-0.39, 0.29) is 5.41 Å². The van der Waals surface area contributed by atoms with Gasteiger partial charge < -0.3 is 5.11 Å². The van der Waals surface area contributed by atoms with Gasteiger partial charge in [-0.1, -0.05) is 38.1 Å². The van der Waals surface area contributed by atoms with Crippen molar-refractivity contribution in [2.24, 2.45) is 5.41 Å². The molecule has 1 aliphatic rings. The van der Waals surface area contributed by atoms with Gasteiger partial charge in [-0.05, 0) is 24.0 Å². The first kappa shape index (κ1) is 12.6. The summed E-state index contributed by atoms with van der Waals surface area (Å²) in [5.74, 6) is 0. The predicted octanol–water partition coefficient (Wildman–Crippen LogP) is 2.80. The fourth-order valence-corrected chi connectivity index (χ4v) is 2.74. The summed E-state index contributed by atoms with van der Waals surface area (Å²) in [4.78, 5) is 2.47. The summed E-state index contributed by atoms with van der Waals surface area (Å²) < 4.78 is 0. The molecule has 0 aromatic heterocycles. The van der Waals surface area contributed by atoms with Crippen molar-refractivity contribution in [3.05, 3.63) is 35.4 Å². The third-order valence-corrected chi connectivity index (χ3v) is 4.30. The van der Waals surface area contributed by atoms with Crippen LogP contribution in [0.2, 0.25) is 0 Å². The van der Waals surface area contributed by atoms with Crippen molar-refractivity contribution in [3.8, 4) is 0 Å². The van der Waals surface area contributed by atoms with Gasteiger partial charge in [0.15, 0.2) is 0 Å². The van der Waals surface area contributed by atoms with E-state index < -0.39 is 0 Å². The van der Waals surface area contributed by atoms with Crippen LogP contribution in [0.15, 0.2) is 24.3 Å². The zero-order chi connectivity index (χ0) is 12.3. The van der Waals surface area contributed by atoms with E-state index in [0.29, 0.717) is 6.61 Å². The van der Waals surface area contributed by atoms with Crippen LogP contribution in [0, 0.1) is 5.41 Å². The molecule has 1 N–H and O–H groups in total. The molecule has 17 heavy (non-hydrogen) atoms. The van der Waals surface area contributed by atoms with Gasteiger partial charge in [0, 0.05) is 31.7 Å².